The van der Waals surface area contributed by atoms with Gasteiger partial charge in [0.25, 0.3) is 0 Å². The molecule has 2 heterocycles. The van der Waals surface area contributed by atoms with Gasteiger partial charge >= 0.3 is 0 Å². The zero-order valence-corrected chi connectivity index (χ0v) is 15.8. The molecule has 4 rings (SSSR count). The third kappa shape index (κ3) is 3.88. The second kappa shape index (κ2) is 7.76. The van der Waals surface area contributed by atoms with E-state index < -0.39 is 5.66 Å². The van der Waals surface area contributed by atoms with E-state index in [-0.39, 0.29) is 12.1 Å². The highest BCUT2D eigenvalue weighted by Gasteiger charge is 2.42. The number of guanidine groups is 2. The summed E-state index contributed by atoms with van der Waals surface area (Å²) in [6.07, 6.45) is 8.95. The van der Waals surface area contributed by atoms with Crippen LogP contribution < -0.4 is 21.1 Å². The highest BCUT2D eigenvalue weighted by atomic mass is 16.5. The van der Waals surface area contributed by atoms with Crippen LogP contribution in [0.4, 0.5) is 5.69 Å². The average molecular weight is 371 g/mol. The first-order chi connectivity index (χ1) is 13.2. The fraction of sp³-hybridized carbons (Fsp3) is 0.600. The minimum atomic E-state index is -0.410. The Morgan fingerprint density at radius 2 is 1.85 bits per heavy atom. The maximum absolute atomic E-state index is 6.27. The highest BCUT2D eigenvalue weighted by molar-refractivity contribution is 6.05. The molecular weight excluding hydrogens is 342 g/mol. The van der Waals surface area contributed by atoms with Crippen molar-refractivity contribution in [3.8, 4) is 5.75 Å². The molecule has 146 valence electrons. The van der Waals surface area contributed by atoms with E-state index in [9.17, 15) is 0 Å². The van der Waals surface area contributed by atoms with Gasteiger partial charge in [0.15, 0.2) is 0 Å². The largest absolute Gasteiger partial charge is 0.491 e. The molecule has 7 heteroatoms. The molecule has 0 amide bonds. The van der Waals surface area contributed by atoms with Gasteiger partial charge in [-0.3, -0.25) is 4.90 Å². The number of rotatable bonds is 4. The van der Waals surface area contributed by atoms with Crippen molar-refractivity contribution >= 4 is 17.6 Å². The molecule has 4 N–H and O–H groups in total. The van der Waals surface area contributed by atoms with Crippen LogP contribution in [0.15, 0.2) is 34.3 Å². The fourth-order valence-corrected chi connectivity index (χ4v) is 4.31. The number of nitrogens with zero attached hydrogens (tertiary/aromatic N) is 3. The van der Waals surface area contributed by atoms with E-state index in [4.69, 9.17) is 25.9 Å². The zero-order chi connectivity index (χ0) is 18.7. The van der Waals surface area contributed by atoms with Crippen molar-refractivity contribution in [1.29, 1.82) is 0 Å². The van der Waals surface area contributed by atoms with Gasteiger partial charge in [0.05, 0.1) is 6.10 Å². The molecule has 7 nitrogen and oxygen atoms in total. The molecule has 1 atom stereocenters. The third-order valence-corrected chi connectivity index (χ3v) is 5.66. The topological polar surface area (TPSA) is 98.5 Å². The Bertz CT molecular complexity index is 704. The van der Waals surface area contributed by atoms with Crippen LogP contribution in [0.1, 0.15) is 51.4 Å². The van der Waals surface area contributed by atoms with Crippen LogP contribution in [-0.4, -0.2) is 36.9 Å². The summed E-state index contributed by atoms with van der Waals surface area (Å²) in [5.74, 6) is 1.52. The van der Waals surface area contributed by atoms with Crippen molar-refractivity contribution in [3.05, 3.63) is 24.3 Å². The van der Waals surface area contributed by atoms with E-state index in [2.05, 4.69) is 4.99 Å². The van der Waals surface area contributed by atoms with Crippen LogP contribution in [0, 0.1) is 0 Å². The van der Waals surface area contributed by atoms with E-state index >= 15 is 0 Å². The first-order valence-corrected chi connectivity index (χ1v) is 10.0. The lowest BCUT2D eigenvalue weighted by atomic mass is 9.87. The summed E-state index contributed by atoms with van der Waals surface area (Å²) >= 11 is 0. The van der Waals surface area contributed by atoms with Gasteiger partial charge in [-0.15, -0.1) is 0 Å². The van der Waals surface area contributed by atoms with Gasteiger partial charge in [-0.1, -0.05) is 6.42 Å². The summed E-state index contributed by atoms with van der Waals surface area (Å²) in [6.45, 7) is 1.43. The van der Waals surface area contributed by atoms with Gasteiger partial charge in [-0.25, -0.2) is 4.99 Å². The van der Waals surface area contributed by atoms with Crippen LogP contribution in [0.5, 0.6) is 5.75 Å². The summed E-state index contributed by atoms with van der Waals surface area (Å²) in [4.78, 5) is 11.0. The average Bonchev–Trinajstić information content (AvgIpc) is 2.68. The van der Waals surface area contributed by atoms with Crippen LogP contribution in [0.2, 0.25) is 0 Å². The minimum Gasteiger partial charge on any atom is -0.491 e. The molecule has 3 aliphatic rings. The lowest BCUT2D eigenvalue weighted by molar-refractivity contribution is -0.0110. The van der Waals surface area contributed by atoms with Crippen molar-refractivity contribution in [3.63, 3.8) is 0 Å². The van der Waals surface area contributed by atoms with Gasteiger partial charge in [-0.05, 0) is 69.2 Å². The van der Waals surface area contributed by atoms with Gasteiger partial charge in [-0.2, -0.15) is 4.99 Å². The maximum Gasteiger partial charge on any atom is 0.220 e. The van der Waals surface area contributed by atoms with Gasteiger partial charge in [0.1, 0.15) is 18.0 Å². The molecule has 1 unspecified atom stereocenters. The lowest BCUT2D eigenvalue weighted by Gasteiger charge is -2.45. The maximum atomic E-state index is 6.27. The number of benzene rings is 1. The normalized spacial score (nSPS) is 25.0. The first kappa shape index (κ1) is 18.1. The summed E-state index contributed by atoms with van der Waals surface area (Å²) in [5, 5.41) is 0. The molecule has 1 aromatic rings. The van der Waals surface area contributed by atoms with Crippen LogP contribution in [0.25, 0.3) is 0 Å². The Morgan fingerprint density at radius 1 is 1.07 bits per heavy atom. The molecule has 2 fully saturated rings. The Morgan fingerprint density at radius 3 is 2.56 bits per heavy atom. The standard InChI is InChI=1S/C20H29N5O2/c21-18-23-19(22)25(20(24-18)11-3-1-4-12-20)15-7-9-16(10-8-15)27-14-17-6-2-5-13-26-17/h7-10,17H,1-6,11-14H2,(H4,21,22,23,24). The SMILES string of the molecule is NC1=NC2(CCCCC2)N(c2ccc(OCC3CCCCO3)cc2)C(N)=N1. The van der Waals surface area contributed by atoms with Crippen molar-refractivity contribution in [1.82, 2.24) is 0 Å². The van der Waals surface area contributed by atoms with Crippen molar-refractivity contribution in [2.24, 2.45) is 21.5 Å². The molecule has 0 aromatic heterocycles. The third-order valence-electron chi connectivity index (χ3n) is 5.66. The predicted octanol–water partition coefficient (Wildman–Crippen LogP) is 2.74. The van der Waals surface area contributed by atoms with Crippen LogP contribution in [0.3, 0.4) is 0 Å². The fourth-order valence-electron chi connectivity index (χ4n) is 4.31. The van der Waals surface area contributed by atoms with Crippen LogP contribution in [-0.2, 0) is 4.74 Å². The lowest BCUT2D eigenvalue weighted by Crippen LogP contribution is -2.58. The molecule has 1 aliphatic carbocycles. The second-order valence-corrected chi connectivity index (χ2v) is 7.61. The Hall–Kier alpha value is -2.28. The van der Waals surface area contributed by atoms with Gasteiger partial charge in [0.2, 0.25) is 11.9 Å². The molecule has 0 radical (unpaired) electrons. The van der Waals surface area contributed by atoms with Gasteiger partial charge in [0, 0.05) is 12.3 Å². The molecule has 1 saturated heterocycles. The molecule has 1 spiro atoms. The minimum absolute atomic E-state index is 0.200. The number of aliphatic imine (C=N–C) groups is 2. The number of anilines is 1. The Labute approximate surface area is 160 Å². The number of hydrogen-bond donors (Lipinski definition) is 2. The molecule has 0 bridgehead atoms. The Balaban J connectivity index is 1.49. The van der Waals surface area contributed by atoms with E-state index in [1.54, 1.807) is 0 Å². The summed E-state index contributed by atoms with van der Waals surface area (Å²) < 4.78 is 11.6. The van der Waals surface area contributed by atoms with Crippen molar-refractivity contribution in [2.45, 2.75) is 63.1 Å². The summed E-state index contributed by atoms with van der Waals surface area (Å²) in [5.41, 5.74) is 12.8. The Kier molecular flexibility index (Phi) is 5.20. The summed E-state index contributed by atoms with van der Waals surface area (Å²) in [7, 11) is 0. The molecular formula is C20H29N5O2. The molecule has 1 aromatic carbocycles. The van der Waals surface area contributed by atoms with E-state index in [0.717, 1.165) is 56.6 Å². The van der Waals surface area contributed by atoms with Crippen molar-refractivity contribution < 1.29 is 9.47 Å². The molecule has 27 heavy (non-hydrogen) atoms. The highest BCUT2D eigenvalue weighted by Crippen LogP contribution is 2.39. The van der Waals surface area contributed by atoms with Crippen molar-refractivity contribution in [2.75, 3.05) is 18.1 Å². The smallest absolute Gasteiger partial charge is 0.220 e. The zero-order valence-electron chi connectivity index (χ0n) is 15.8. The molecule has 2 aliphatic heterocycles. The molecule has 1 saturated carbocycles. The second-order valence-electron chi connectivity index (χ2n) is 7.61. The van der Waals surface area contributed by atoms with E-state index in [1.807, 2.05) is 29.2 Å². The van der Waals surface area contributed by atoms with Gasteiger partial charge < -0.3 is 20.9 Å². The number of hydrogen-bond acceptors (Lipinski definition) is 7. The first-order valence-electron chi connectivity index (χ1n) is 10.0. The monoisotopic (exact) mass is 371 g/mol. The predicted molar refractivity (Wildman–Crippen MR) is 107 cm³/mol. The van der Waals surface area contributed by atoms with E-state index in [0.29, 0.717) is 12.6 Å². The van der Waals surface area contributed by atoms with E-state index in [1.165, 1.54) is 12.8 Å². The number of ether oxygens (including phenoxy) is 2. The van der Waals surface area contributed by atoms with Crippen LogP contribution >= 0.6 is 0 Å². The summed E-state index contributed by atoms with van der Waals surface area (Å²) in [6, 6.07) is 7.99. The number of nitrogens with two attached hydrogens (primary N) is 2. The quantitative estimate of drug-likeness (QED) is 0.848.